The van der Waals surface area contributed by atoms with Gasteiger partial charge in [0.05, 0.1) is 12.2 Å². The molecule has 88 valence electrons. The standard InChI is InChI=1S/C13H16N4/c1-2-10-4-3-5-11(8-10)13(17-14)12-6-7-15-16-9-12/h3-9,13,17H,2,14H2,1H3. The molecule has 17 heavy (non-hydrogen) atoms. The summed E-state index contributed by atoms with van der Waals surface area (Å²) in [7, 11) is 0. The molecule has 0 saturated carbocycles. The number of nitrogens with two attached hydrogens (primary N) is 1. The summed E-state index contributed by atoms with van der Waals surface area (Å²) in [5.74, 6) is 5.63. The fraction of sp³-hybridized carbons (Fsp3) is 0.231. The first-order valence-electron chi connectivity index (χ1n) is 5.66. The molecule has 2 aromatic rings. The zero-order chi connectivity index (χ0) is 12.1. The molecule has 0 aliphatic carbocycles. The highest BCUT2D eigenvalue weighted by atomic mass is 15.2. The van der Waals surface area contributed by atoms with Crippen LogP contribution in [0.2, 0.25) is 0 Å². The molecule has 0 radical (unpaired) electrons. The van der Waals surface area contributed by atoms with Gasteiger partial charge in [0.25, 0.3) is 0 Å². The van der Waals surface area contributed by atoms with Crippen LogP contribution in [0.1, 0.15) is 29.7 Å². The van der Waals surface area contributed by atoms with Gasteiger partial charge in [0.15, 0.2) is 0 Å². The fourth-order valence-electron chi connectivity index (χ4n) is 1.85. The van der Waals surface area contributed by atoms with Crippen LogP contribution in [-0.4, -0.2) is 10.2 Å². The molecule has 0 spiro atoms. The summed E-state index contributed by atoms with van der Waals surface area (Å²) < 4.78 is 0. The van der Waals surface area contributed by atoms with E-state index < -0.39 is 0 Å². The molecule has 4 nitrogen and oxygen atoms in total. The van der Waals surface area contributed by atoms with Crippen molar-refractivity contribution < 1.29 is 0 Å². The first kappa shape index (κ1) is 11.7. The van der Waals surface area contributed by atoms with Gasteiger partial charge in [0.1, 0.15) is 0 Å². The van der Waals surface area contributed by atoms with Gasteiger partial charge in [-0.2, -0.15) is 10.2 Å². The second-order valence-corrected chi connectivity index (χ2v) is 3.87. The molecule has 0 fully saturated rings. The van der Waals surface area contributed by atoms with Crippen molar-refractivity contribution in [3.63, 3.8) is 0 Å². The van der Waals surface area contributed by atoms with Gasteiger partial charge in [-0.3, -0.25) is 5.84 Å². The van der Waals surface area contributed by atoms with Crippen molar-refractivity contribution in [1.82, 2.24) is 15.6 Å². The van der Waals surface area contributed by atoms with E-state index in [0.717, 1.165) is 17.5 Å². The zero-order valence-corrected chi connectivity index (χ0v) is 9.80. The van der Waals surface area contributed by atoms with Gasteiger partial charge < -0.3 is 0 Å². The topological polar surface area (TPSA) is 63.8 Å². The quantitative estimate of drug-likeness (QED) is 0.616. The predicted molar refractivity (Wildman–Crippen MR) is 67.0 cm³/mol. The van der Waals surface area contributed by atoms with E-state index in [1.54, 1.807) is 12.4 Å². The lowest BCUT2D eigenvalue weighted by atomic mass is 9.98. The average Bonchev–Trinajstić information content (AvgIpc) is 2.41. The highest BCUT2D eigenvalue weighted by Crippen LogP contribution is 2.21. The molecule has 0 aliphatic rings. The van der Waals surface area contributed by atoms with Gasteiger partial charge in [-0.05, 0) is 29.2 Å². The summed E-state index contributed by atoms with van der Waals surface area (Å²) in [6.45, 7) is 2.14. The Morgan fingerprint density at radius 3 is 2.76 bits per heavy atom. The molecular weight excluding hydrogens is 212 g/mol. The highest BCUT2D eigenvalue weighted by molar-refractivity contribution is 5.32. The third-order valence-electron chi connectivity index (χ3n) is 2.80. The number of aryl methyl sites for hydroxylation is 1. The van der Waals surface area contributed by atoms with Crippen LogP contribution >= 0.6 is 0 Å². The van der Waals surface area contributed by atoms with Crippen molar-refractivity contribution in [3.8, 4) is 0 Å². The minimum absolute atomic E-state index is 0.0444. The molecule has 1 heterocycles. The van der Waals surface area contributed by atoms with Crippen LogP contribution in [0.25, 0.3) is 0 Å². The molecule has 3 N–H and O–H groups in total. The lowest BCUT2D eigenvalue weighted by molar-refractivity contribution is 0.631. The molecule has 0 saturated heterocycles. The molecule has 1 aromatic carbocycles. The molecule has 0 amide bonds. The number of hydrazine groups is 1. The monoisotopic (exact) mass is 228 g/mol. The van der Waals surface area contributed by atoms with E-state index in [2.05, 4.69) is 40.7 Å². The van der Waals surface area contributed by atoms with Crippen LogP contribution in [-0.2, 0) is 6.42 Å². The van der Waals surface area contributed by atoms with Crippen molar-refractivity contribution in [1.29, 1.82) is 0 Å². The minimum Gasteiger partial charge on any atom is -0.271 e. The third kappa shape index (κ3) is 2.67. The molecule has 0 bridgehead atoms. The Bertz CT molecular complexity index is 470. The van der Waals surface area contributed by atoms with E-state index in [1.807, 2.05) is 12.1 Å². The normalized spacial score (nSPS) is 12.4. The van der Waals surface area contributed by atoms with Gasteiger partial charge in [-0.1, -0.05) is 31.2 Å². The van der Waals surface area contributed by atoms with E-state index in [-0.39, 0.29) is 6.04 Å². The number of hydrogen-bond acceptors (Lipinski definition) is 4. The number of nitrogens with zero attached hydrogens (tertiary/aromatic N) is 2. The fourth-order valence-corrected chi connectivity index (χ4v) is 1.85. The van der Waals surface area contributed by atoms with E-state index in [1.165, 1.54) is 5.56 Å². The van der Waals surface area contributed by atoms with Crippen LogP contribution in [0, 0.1) is 0 Å². The summed E-state index contributed by atoms with van der Waals surface area (Å²) in [5.41, 5.74) is 6.26. The number of nitrogens with one attached hydrogen (secondary N) is 1. The number of hydrogen-bond donors (Lipinski definition) is 2. The van der Waals surface area contributed by atoms with E-state index >= 15 is 0 Å². The van der Waals surface area contributed by atoms with Crippen molar-refractivity contribution in [2.24, 2.45) is 5.84 Å². The number of benzene rings is 1. The molecule has 1 atom stereocenters. The minimum atomic E-state index is -0.0444. The zero-order valence-electron chi connectivity index (χ0n) is 9.80. The average molecular weight is 228 g/mol. The van der Waals surface area contributed by atoms with Crippen molar-refractivity contribution in [2.75, 3.05) is 0 Å². The molecular formula is C13H16N4. The summed E-state index contributed by atoms with van der Waals surface area (Å²) in [6, 6.07) is 10.2. The smallest absolute Gasteiger partial charge is 0.0726 e. The molecule has 1 aromatic heterocycles. The SMILES string of the molecule is CCc1cccc(C(NN)c2ccnnc2)c1. The summed E-state index contributed by atoms with van der Waals surface area (Å²) in [5, 5.41) is 7.65. The van der Waals surface area contributed by atoms with E-state index in [4.69, 9.17) is 5.84 Å². The van der Waals surface area contributed by atoms with Gasteiger partial charge in [-0.15, -0.1) is 0 Å². The molecule has 0 aliphatic heterocycles. The largest absolute Gasteiger partial charge is 0.271 e. The summed E-state index contributed by atoms with van der Waals surface area (Å²) in [6.07, 6.45) is 4.41. The number of rotatable bonds is 4. The first-order valence-corrected chi connectivity index (χ1v) is 5.66. The Morgan fingerprint density at radius 1 is 1.24 bits per heavy atom. The Balaban J connectivity index is 2.35. The lowest BCUT2D eigenvalue weighted by Gasteiger charge is -2.16. The van der Waals surface area contributed by atoms with E-state index in [9.17, 15) is 0 Å². The maximum Gasteiger partial charge on any atom is 0.0726 e. The maximum absolute atomic E-state index is 5.63. The van der Waals surface area contributed by atoms with Gasteiger partial charge in [-0.25, -0.2) is 5.43 Å². The van der Waals surface area contributed by atoms with Crippen molar-refractivity contribution >= 4 is 0 Å². The third-order valence-corrected chi connectivity index (χ3v) is 2.80. The Labute approximate surface area is 101 Å². The van der Waals surface area contributed by atoms with Crippen molar-refractivity contribution in [2.45, 2.75) is 19.4 Å². The van der Waals surface area contributed by atoms with Crippen LogP contribution < -0.4 is 11.3 Å². The number of aromatic nitrogens is 2. The lowest BCUT2D eigenvalue weighted by Crippen LogP contribution is -2.29. The summed E-state index contributed by atoms with van der Waals surface area (Å²) >= 11 is 0. The van der Waals surface area contributed by atoms with Gasteiger partial charge >= 0.3 is 0 Å². The Hall–Kier alpha value is -1.78. The van der Waals surface area contributed by atoms with Gasteiger partial charge in [0, 0.05) is 6.20 Å². The van der Waals surface area contributed by atoms with Crippen LogP contribution in [0.5, 0.6) is 0 Å². The Kier molecular flexibility index (Phi) is 3.80. The van der Waals surface area contributed by atoms with Gasteiger partial charge in [0.2, 0.25) is 0 Å². The second kappa shape index (κ2) is 5.52. The molecule has 1 unspecified atom stereocenters. The summed E-state index contributed by atoms with van der Waals surface area (Å²) in [4.78, 5) is 0. The van der Waals surface area contributed by atoms with Crippen LogP contribution in [0.3, 0.4) is 0 Å². The van der Waals surface area contributed by atoms with Crippen LogP contribution in [0.4, 0.5) is 0 Å². The maximum atomic E-state index is 5.63. The molecule has 4 heteroatoms. The highest BCUT2D eigenvalue weighted by Gasteiger charge is 2.12. The Morgan fingerprint density at radius 2 is 2.12 bits per heavy atom. The second-order valence-electron chi connectivity index (χ2n) is 3.87. The van der Waals surface area contributed by atoms with E-state index in [0.29, 0.717) is 0 Å². The molecule has 2 rings (SSSR count). The van der Waals surface area contributed by atoms with Crippen molar-refractivity contribution in [3.05, 3.63) is 59.4 Å². The predicted octanol–water partition coefficient (Wildman–Crippen LogP) is 1.59. The first-order chi connectivity index (χ1) is 8.35. The van der Waals surface area contributed by atoms with Crippen LogP contribution in [0.15, 0.2) is 42.7 Å².